The highest BCUT2D eigenvalue weighted by Gasteiger charge is 2.15. The van der Waals surface area contributed by atoms with E-state index in [1.807, 2.05) is 48.8 Å². The summed E-state index contributed by atoms with van der Waals surface area (Å²) < 4.78 is 0. The van der Waals surface area contributed by atoms with Gasteiger partial charge in [-0.15, -0.1) is 0 Å². The van der Waals surface area contributed by atoms with Crippen molar-refractivity contribution in [1.82, 2.24) is 19.9 Å². The van der Waals surface area contributed by atoms with Gasteiger partial charge in [-0.05, 0) is 49.1 Å². The van der Waals surface area contributed by atoms with Gasteiger partial charge in [-0.2, -0.15) is 4.98 Å². The summed E-state index contributed by atoms with van der Waals surface area (Å²) in [4.78, 5) is 18.0. The van der Waals surface area contributed by atoms with Gasteiger partial charge < -0.3 is 10.6 Å². The SMILES string of the molecule is c1ccc(-c2cc(NCCc3ccncc3)nc(NC3CCCCC3)n2)nc1. The Morgan fingerprint density at radius 1 is 0.893 bits per heavy atom. The normalized spacial score (nSPS) is 14.6. The summed E-state index contributed by atoms with van der Waals surface area (Å²) in [5.74, 6) is 1.50. The highest BCUT2D eigenvalue weighted by Crippen LogP contribution is 2.23. The van der Waals surface area contributed by atoms with E-state index in [-0.39, 0.29) is 0 Å². The maximum absolute atomic E-state index is 4.73. The summed E-state index contributed by atoms with van der Waals surface area (Å²) in [5.41, 5.74) is 2.94. The van der Waals surface area contributed by atoms with Crippen LogP contribution in [-0.4, -0.2) is 32.5 Å². The molecule has 144 valence electrons. The Kier molecular flexibility index (Phi) is 6.07. The first kappa shape index (κ1) is 18.3. The molecule has 0 atom stereocenters. The standard InChI is InChI=1S/C22H26N6/c1-2-6-18(7-3-1)26-22-27-20(19-8-4-5-12-24-19)16-21(28-22)25-15-11-17-9-13-23-14-10-17/h4-5,8-10,12-14,16,18H,1-3,6-7,11,15H2,(H2,25,26,27,28). The van der Waals surface area contributed by atoms with Crippen LogP contribution in [0.3, 0.4) is 0 Å². The van der Waals surface area contributed by atoms with Crippen molar-refractivity contribution in [3.8, 4) is 11.4 Å². The second-order valence-electron chi connectivity index (χ2n) is 7.19. The molecule has 1 saturated carbocycles. The Morgan fingerprint density at radius 3 is 2.54 bits per heavy atom. The second kappa shape index (κ2) is 9.26. The minimum atomic E-state index is 0.456. The fraction of sp³-hybridized carbons (Fsp3) is 0.364. The fourth-order valence-corrected chi connectivity index (χ4v) is 3.56. The summed E-state index contributed by atoms with van der Waals surface area (Å²) in [5, 5.41) is 6.98. The van der Waals surface area contributed by atoms with Crippen LogP contribution >= 0.6 is 0 Å². The average molecular weight is 374 g/mol. The minimum Gasteiger partial charge on any atom is -0.370 e. The molecule has 1 fully saturated rings. The summed E-state index contributed by atoms with van der Waals surface area (Å²) >= 11 is 0. The molecule has 0 aromatic carbocycles. The smallest absolute Gasteiger partial charge is 0.225 e. The molecule has 0 unspecified atom stereocenters. The molecular formula is C22H26N6. The van der Waals surface area contributed by atoms with Crippen molar-refractivity contribution in [3.05, 3.63) is 60.6 Å². The molecular weight excluding hydrogens is 348 g/mol. The van der Waals surface area contributed by atoms with Gasteiger partial charge in [-0.25, -0.2) is 4.98 Å². The van der Waals surface area contributed by atoms with Crippen molar-refractivity contribution >= 4 is 11.8 Å². The first-order valence-electron chi connectivity index (χ1n) is 10.1. The van der Waals surface area contributed by atoms with Crippen LogP contribution in [-0.2, 0) is 6.42 Å². The van der Waals surface area contributed by atoms with Crippen LogP contribution in [0, 0.1) is 0 Å². The van der Waals surface area contributed by atoms with Crippen LogP contribution in [0.15, 0.2) is 55.0 Å². The lowest BCUT2D eigenvalue weighted by Crippen LogP contribution is -2.24. The molecule has 28 heavy (non-hydrogen) atoms. The monoisotopic (exact) mass is 374 g/mol. The lowest BCUT2D eigenvalue weighted by molar-refractivity contribution is 0.461. The van der Waals surface area contributed by atoms with Crippen molar-refractivity contribution in [3.63, 3.8) is 0 Å². The number of nitrogens with zero attached hydrogens (tertiary/aromatic N) is 4. The van der Waals surface area contributed by atoms with Crippen LogP contribution in [0.4, 0.5) is 11.8 Å². The summed E-state index contributed by atoms with van der Waals surface area (Å²) in [6, 6.07) is 12.4. The van der Waals surface area contributed by atoms with Gasteiger partial charge in [0.2, 0.25) is 5.95 Å². The Bertz CT molecular complexity index is 863. The molecule has 2 N–H and O–H groups in total. The molecule has 0 amide bonds. The molecule has 1 aliphatic carbocycles. The van der Waals surface area contributed by atoms with E-state index in [9.17, 15) is 0 Å². The average Bonchev–Trinajstić information content (AvgIpc) is 2.76. The second-order valence-corrected chi connectivity index (χ2v) is 7.19. The van der Waals surface area contributed by atoms with Crippen LogP contribution < -0.4 is 10.6 Å². The van der Waals surface area contributed by atoms with Gasteiger partial charge in [0, 0.05) is 37.2 Å². The maximum atomic E-state index is 4.73. The number of anilines is 2. The molecule has 0 aliphatic heterocycles. The van der Waals surface area contributed by atoms with Crippen molar-refractivity contribution in [1.29, 1.82) is 0 Å². The zero-order valence-electron chi connectivity index (χ0n) is 16.0. The van der Waals surface area contributed by atoms with Crippen LogP contribution in [0.1, 0.15) is 37.7 Å². The van der Waals surface area contributed by atoms with E-state index in [0.717, 1.165) is 30.2 Å². The topological polar surface area (TPSA) is 75.6 Å². The van der Waals surface area contributed by atoms with E-state index >= 15 is 0 Å². The van der Waals surface area contributed by atoms with E-state index in [2.05, 4.69) is 20.6 Å². The number of nitrogens with one attached hydrogen (secondary N) is 2. The highest BCUT2D eigenvalue weighted by atomic mass is 15.2. The quantitative estimate of drug-likeness (QED) is 0.641. The lowest BCUT2D eigenvalue weighted by atomic mass is 9.96. The first-order valence-corrected chi connectivity index (χ1v) is 10.1. The molecule has 3 heterocycles. The Balaban J connectivity index is 1.51. The molecule has 3 aromatic heterocycles. The first-order chi connectivity index (χ1) is 13.9. The van der Waals surface area contributed by atoms with E-state index < -0.39 is 0 Å². The van der Waals surface area contributed by atoms with Crippen molar-refractivity contribution in [2.45, 2.75) is 44.6 Å². The van der Waals surface area contributed by atoms with Crippen molar-refractivity contribution in [2.75, 3.05) is 17.2 Å². The van der Waals surface area contributed by atoms with Gasteiger partial charge >= 0.3 is 0 Å². The Hall–Kier alpha value is -3.02. The van der Waals surface area contributed by atoms with Crippen LogP contribution in [0.5, 0.6) is 0 Å². The summed E-state index contributed by atoms with van der Waals surface area (Å²) in [6.45, 7) is 0.797. The van der Waals surface area contributed by atoms with Gasteiger partial charge in [0.15, 0.2) is 0 Å². The van der Waals surface area contributed by atoms with E-state index in [4.69, 9.17) is 9.97 Å². The van der Waals surface area contributed by atoms with E-state index in [1.54, 1.807) is 6.20 Å². The fourth-order valence-electron chi connectivity index (χ4n) is 3.56. The predicted octanol–water partition coefficient (Wildman–Crippen LogP) is 4.33. The Labute approximate surface area is 165 Å². The number of aromatic nitrogens is 4. The molecule has 0 saturated heterocycles. The van der Waals surface area contributed by atoms with Gasteiger partial charge in [0.25, 0.3) is 0 Å². The summed E-state index contributed by atoms with van der Waals surface area (Å²) in [6.07, 6.45) is 12.6. The molecule has 0 spiro atoms. The highest BCUT2D eigenvalue weighted by molar-refractivity contribution is 5.61. The maximum Gasteiger partial charge on any atom is 0.225 e. The lowest BCUT2D eigenvalue weighted by Gasteiger charge is -2.23. The molecule has 3 aromatic rings. The zero-order chi connectivity index (χ0) is 19.0. The predicted molar refractivity (Wildman–Crippen MR) is 112 cm³/mol. The third-order valence-corrected chi connectivity index (χ3v) is 5.06. The molecule has 0 bridgehead atoms. The zero-order valence-corrected chi connectivity index (χ0v) is 16.0. The summed E-state index contributed by atoms with van der Waals surface area (Å²) in [7, 11) is 0. The largest absolute Gasteiger partial charge is 0.370 e. The van der Waals surface area contributed by atoms with Gasteiger partial charge in [-0.3, -0.25) is 9.97 Å². The van der Waals surface area contributed by atoms with Gasteiger partial charge in [0.1, 0.15) is 5.82 Å². The third kappa shape index (κ3) is 5.03. The number of hydrogen-bond donors (Lipinski definition) is 2. The number of pyridine rings is 2. The van der Waals surface area contributed by atoms with Crippen LogP contribution in [0.25, 0.3) is 11.4 Å². The molecule has 0 radical (unpaired) electrons. The van der Waals surface area contributed by atoms with Gasteiger partial charge in [0.05, 0.1) is 11.4 Å². The van der Waals surface area contributed by atoms with E-state index in [0.29, 0.717) is 12.0 Å². The van der Waals surface area contributed by atoms with Crippen molar-refractivity contribution in [2.24, 2.45) is 0 Å². The molecule has 1 aliphatic rings. The van der Waals surface area contributed by atoms with E-state index in [1.165, 1.54) is 37.7 Å². The number of rotatable bonds is 7. The third-order valence-electron chi connectivity index (χ3n) is 5.06. The molecule has 4 rings (SSSR count). The minimum absolute atomic E-state index is 0.456. The number of hydrogen-bond acceptors (Lipinski definition) is 6. The molecule has 6 nitrogen and oxygen atoms in total. The molecule has 6 heteroatoms. The van der Waals surface area contributed by atoms with Crippen LogP contribution in [0.2, 0.25) is 0 Å². The Morgan fingerprint density at radius 2 is 1.75 bits per heavy atom. The van der Waals surface area contributed by atoms with Crippen molar-refractivity contribution < 1.29 is 0 Å². The van der Waals surface area contributed by atoms with Gasteiger partial charge in [-0.1, -0.05) is 25.3 Å².